The number of para-hydroxylation sites is 1. The first-order valence-electron chi connectivity index (χ1n) is 9.12. The summed E-state index contributed by atoms with van der Waals surface area (Å²) >= 11 is 0. The molecule has 0 radical (unpaired) electrons. The van der Waals surface area contributed by atoms with E-state index < -0.39 is 23.8 Å². The first-order chi connectivity index (χ1) is 13.5. The Kier molecular flexibility index (Phi) is 7.44. The van der Waals surface area contributed by atoms with E-state index in [0.29, 0.717) is 17.0 Å². The van der Waals surface area contributed by atoms with Gasteiger partial charge in [-0.25, -0.2) is 4.79 Å². The quantitative estimate of drug-likeness (QED) is 0.547. The monoisotopic (exact) mass is 385 g/mol. The van der Waals surface area contributed by atoms with Crippen LogP contribution in [0.3, 0.4) is 0 Å². The maximum Gasteiger partial charge on any atom is 0.336 e. The molecular weight excluding hydrogens is 358 g/mol. The summed E-state index contributed by atoms with van der Waals surface area (Å²) in [6, 6.07) is 7.07. The van der Waals surface area contributed by atoms with E-state index in [1.165, 1.54) is 12.2 Å². The minimum Gasteiger partial charge on any atom is -0.496 e. The van der Waals surface area contributed by atoms with Gasteiger partial charge in [-0.05, 0) is 19.9 Å². The molecule has 0 amide bonds. The number of methoxy groups -OCH3 is 1. The minimum atomic E-state index is -0.647. The highest BCUT2D eigenvalue weighted by Gasteiger charge is 2.45. The van der Waals surface area contributed by atoms with E-state index >= 15 is 0 Å². The Labute approximate surface area is 165 Å². The number of carbonyl (C=O) groups excluding carboxylic acids is 2. The third-order valence-corrected chi connectivity index (χ3v) is 4.70. The Balaban J connectivity index is 2.61. The second kappa shape index (κ2) is 9.78. The SMILES string of the molecule is C=CCOC(=O)C1=C(C)NC(C)C(C(=O)OCC=C)C1c1ccccc1OC. The zero-order chi connectivity index (χ0) is 20.7. The Morgan fingerprint density at radius 1 is 1.14 bits per heavy atom. The van der Waals surface area contributed by atoms with Gasteiger partial charge >= 0.3 is 11.9 Å². The topological polar surface area (TPSA) is 73.9 Å². The lowest BCUT2D eigenvalue weighted by Gasteiger charge is -2.38. The molecule has 1 aliphatic rings. The van der Waals surface area contributed by atoms with Crippen molar-refractivity contribution in [1.82, 2.24) is 5.32 Å². The summed E-state index contributed by atoms with van der Waals surface area (Å²) in [5.74, 6) is -1.57. The molecule has 0 saturated heterocycles. The van der Waals surface area contributed by atoms with Crippen molar-refractivity contribution in [3.8, 4) is 5.75 Å². The molecule has 0 bridgehead atoms. The summed E-state index contributed by atoms with van der Waals surface area (Å²) in [4.78, 5) is 25.8. The molecule has 28 heavy (non-hydrogen) atoms. The molecule has 1 N–H and O–H groups in total. The fourth-order valence-corrected chi connectivity index (χ4v) is 3.55. The normalized spacial score (nSPS) is 21.3. The summed E-state index contributed by atoms with van der Waals surface area (Å²) in [5.41, 5.74) is 1.76. The highest BCUT2D eigenvalue weighted by Crippen LogP contribution is 2.43. The number of carbonyl (C=O) groups is 2. The zero-order valence-corrected chi connectivity index (χ0v) is 16.6. The zero-order valence-electron chi connectivity index (χ0n) is 16.6. The van der Waals surface area contributed by atoms with E-state index in [1.807, 2.05) is 25.1 Å². The fourth-order valence-electron chi connectivity index (χ4n) is 3.55. The Hall–Kier alpha value is -3.02. The van der Waals surface area contributed by atoms with E-state index in [4.69, 9.17) is 14.2 Å². The summed E-state index contributed by atoms with van der Waals surface area (Å²) in [7, 11) is 1.56. The van der Waals surface area contributed by atoms with Gasteiger partial charge in [0, 0.05) is 23.2 Å². The number of benzene rings is 1. The van der Waals surface area contributed by atoms with Crippen molar-refractivity contribution in [2.45, 2.75) is 25.8 Å². The van der Waals surface area contributed by atoms with Crippen LogP contribution < -0.4 is 10.1 Å². The predicted molar refractivity (Wildman–Crippen MR) is 107 cm³/mol. The molecule has 1 aromatic rings. The van der Waals surface area contributed by atoms with Gasteiger partial charge < -0.3 is 19.5 Å². The van der Waals surface area contributed by atoms with Crippen LogP contribution in [0.15, 0.2) is 60.8 Å². The van der Waals surface area contributed by atoms with Crippen LogP contribution in [0.5, 0.6) is 5.75 Å². The van der Waals surface area contributed by atoms with E-state index in [0.717, 1.165) is 5.56 Å². The average Bonchev–Trinajstić information content (AvgIpc) is 2.69. The maximum atomic E-state index is 12.9. The van der Waals surface area contributed by atoms with Gasteiger partial charge in [-0.15, -0.1) is 0 Å². The fraction of sp³-hybridized carbons (Fsp3) is 0.364. The second-order valence-electron chi connectivity index (χ2n) is 6.52. The number of rotatable bonds is 8. The first kappa shape index (κ1) is 21.3. The Morgan fingerprint density at radius 2 is 1.79 bits per heavy atom. The molecule has 0 saturated carbocycles. The number of allylic oxidation sites excluding steroid dienone is 1. The molecule has 1 aliphatic heterocycles. The number of esters is 2. The largest absolute Gasteiger partial charge is 0.496 e. The predicted octanol–water partition coefficient (Wildman–Crippen LogP) is 3.12. The second-order valence-corrected chi connectivity index (χ2v) is 6.52. The molecule has 2 rings (SSSR count). The maximum absolute atomic E-state index is 12.9. The molecule has 3 atom stereocenters. The molecule has 0 fully saturated rings. The molecule has 150 valence electrons. The van der Waals surface area contributed by atoms with Gasteiger partial charge in [0.15, 0.2) is 0 Å². The van der Waals surface area contributed by atoms with Crippen molar-refractivity contribution in [1.29, 1.82) is 0 Å². The number of ether oxygens (including phenoxy) is 3. The number of hydrogen-bond donors (Lipinski definition) is 1. The molecule has 1 aromatic carbocycles. The van der Waals surface area contributed by atoms with Crippen LogP contribution in [0.2, 0.25) is 0 Å². The summed E-state index contributed by atoms with van der Waals surface area (Å²) in [5, 5.41) is 3.22. The standard InChI is InChI=1S/C22H27NO5/c1-6-12-27-21(24)18-14(3)23-15(4)19(22(25)28-13-7-2)20(18)16-10-8-9-11-17(16)26-5/h6-11,14,18,20,23H,1-2,12-13H2,3-5H3. The van der Waals surface area contributed by atoms with Gasteiger partial charge in [-0.1, -0.05) is 43.5 Å². The van der Waals surface area contributed by atoms with Crippen LogP contribution in [0.4, 0.5) is 0 Å². The van der Waals surface area contributed by atoms with Gasteiger partial charge in [-0.2, -0.15) is 0 Å². The molecule has 6 nitrogen and oxygen atoms in total. The molecule has 0 aromatic heterocycles. The van der Waals surface area contributed by atoms with Gasteiger partial charge in [0.05, 0.1) is 18.6 Å². The van der Waals surface area contributed by atoms with Gasteiger partial charge in [-0.3, -0.25) is 4.79 Å². The Morgan fingerprint density at radius 3 is 2.43 bits per heavy atom. The molecular formula is C22H27NO5. The molecule has 0 spiro atoms. The average molecular weight is 385 g/mol. The molecule has 1 heterocycles. The van der Waals surface area contributed by atoms with Gasteiger partial charge in [0.2, 0.25) is 0 Å². The van der Waals surface area contributed by atoms with Crippen molar-refractivity contribution in [2.24, 2.45) is 5.92 Å². The van der Waals surface area contributed by atoms with Crippen molar-refractivity contribution in [3.05, 3.63) is 66.4 Å². The third kappa shape index (κ3) is 4.44. The van der Waals surface area contributed by atoms with Gasteiger partial charge in [0.25, 0.3) is 0 Å². The van der Waals surface area contributed by atoms with Crippen molar-refractivity contribution in [3.63, 3.8) is 0 Å². The van der Waals surface area contributed by atoms with Crippen LogP contribution in [-0.4, -0.2) is 38.3 Å². The number of hydrogen-bond acceptors (Lipinski definition) is 6. The summed E-state index contributed by atoms with van der Waals surface area (Å²) in [6.45, 7) is 11.0. The third-order valence-electron chi connectivity index (χ3n) is 4.70. The van der Waals surface area contributed by atoms with E-state index in [-0.39, 0.29) is 19.3 Å². The minimum absolute atomic E-state index is 0.0788. The molecule has 0 aliphatic carbocycles. The summed E-state index contributed by atoms with van der Waals surface area (Å²) < 4.78 is 16.2. The van der Waals surface area contributed by atoms with E-state index in [9.17, 15) is 9.59 Å². The van der Waals surface area contributed by atoms with E-state index in [1.54, 1.807) is 20.1 Å². The highest BCUT2D eigenvalue weighted by molar-refractivity contribution is 5.93. The summed E-state index contributed by atoms with van der Waals surface area (Å²) in [6.07, 6.45) is 3.01. The van der Waals surface area contributed by atoms with Gasteiger partial charge in [0.1, 0.15) is 19.0 Å². The lowest BCUT2D eigenvalue weighted by Crippen LogP contribution is -2.47. The van der Waals surface area contributed by atoms with Crippen molar-refractivity contribution < 1.29 is 23.8 Å². The lowest BCUT2D eigenvalue weighted by atomic mass is 9.73. The van der Waals surface area contributed by atoms with Crippen molar-refractivity contribution in [2.75, 3.05) is 20.3 Å². The Bertz CT molecular complexity index is 783. The highest BCUT2D eigenvalue weighted by atomic mass is 16.5. The van der Waals surface area contributed by atoms with Crippen LogP contribution in [-0.2, 0) is 19.1 Å². The lowest BCUT2D eigenvalue weighted by molar-refractivity contribution is -0.149. The van der Waals surface area contributed by atoms with Crippen LogP contribution >= 0.6 is 0 Å². The van der Waals surface area contributed by atoms with Crippen LogP contribution in [0, 0.1) is 5.92 Å². The van der Waals surface area contributed by atoms with E-state index in [2.05, 4.69) is 18.5 Å². The molecule has 6 heteroatoms. The van der Waals surface area contributed by atoms with Crippen molar-refractivity contribution >= 4 is 11.9 Å². The van der Waals surface area contributed by atoms with Crippen LogP contribution in [0.1, 0.15) is 25.3 Å². The first-order valence-corrected chi connectivity index (χ1v) is 9.12. The number of nitrogens with one attached hydrogen (secondary N) is 1. The molecule has 3 unspecified atom stereocenters. The smallest absolute Gasteiger partial charge is 0.336 e. The van der Waals surface area contributed by atoms with Crippen LogP contribution in [0.25, 0.3) is 0 Å².